The molecule has 1 aliphatic heterocycles. The van der Waals surface area contributed by atoms with Crippen LogP contribution < -0.4 is 4.74 Å². The maximum Gasteiger partial charge on any atom is 0.387 e. The second-order valence-electron chi connectivity index (χ2n) is 5.44. The van der Waals surface area contributed by atoms with Crippen LogP contribution in [-0.2, 0) is 14.8 Å². The van der Waals surface area contributed by atoms with Gasteiger partial charge < -0.3 is 9.84 Å². The predicted molar refractivity (Wildman–Crippen MR) is 81.8 cm³/mol. The van der Waals surface area contributed by atoms with Crippen LogP contribution in [0, 0.1) is 5.92 Å². The average Bonchev–Trinajstić information content (AvgIpc) is 2.48. The number of aliphatic carboxylic acids is 1. The highest BCUT2D eigenvalue weighted by Gasteiger charge is 2.33. The summed E-state index contributed by atoms with van der Waals surface area (Å²) in [5.74, 6) is -1.83. The molecule has 1 unspecified atom stereocenters. The van der Waals surface area contributed by atoms with Gasteiger partial charge >= 0.3 is 12.6 Å². The van der Waals surface area contributed by atoms with Crippen molar-refractivity contribution in [2.24, 2.45) is 5.92 Å². The first-order valence-corrected chi connectivity index (χ1v) is 8.98. The number of nitrogens with zero attached hydrogens (tertiary/aromatic N) is 1. The van der Waals surface area contributed by atoms with Gasteiger partial charge in [0.1, 0.15) is 10.6 Å². The number of alkyl halides is 2. The first-order valence-electron chi connectivity index (χ1n) is 7.16. The Kier molecular flexibility index (Phi) is 6.00. The van der Waals surface area contributed by atoms with Gasteiger partial charge in [-0.1, -0.05) is 11.6 Å². The topological polar surface area (TPSA) is 83.9 Å². The van der Waals surface area contributed by atoms with Crippen LogP contribution in [0.2, 0.25) is 5.02 Å². The van der Waals surface area contributed by atoms with E-state index < -0.39 is 33.2 Å². The van der Waals surface area contributed by atoms with Crippen molar-refractivity contribution in [3.63, 3.8) is 0 Å². The van der Waals surface area contributed by atoms with Crippen molar-refractivity contribution in [1.82, 2.24) is 4.31 Å². The zero-order valence-electron chi connectivity index (χ0n) is 12.5. The number of rotatable bonds is 6. The highest BCUT2D eigenvalue weighted by Crippen LogP contribution is 2.33. The molecule has 0 spiro atoms. The van der Waals surface area contributed by atoms with Crippen LogP contribution >= 0.6 is 11.6 Å². The molecule has 10 heteroatoms. The van der Waals surface area contributed by atoms with Crippen LogP contribution in [0.4, 0.5) is 8.78 Å². The van der Waals surface area contributed by atoms with Crippen LogP contribution in [-0.4, -0.2) is 43.5 Å². The van der Waals surface area contributed by atoms with Gasteiger partial charge in [-0.25, -0.2) is 8.42 Å². The Morgan fingerprint density at radius 3 is 2.79 bits per heavy atom. The average molecular weight is 384 g/mol. The highest BCUT2D eigenvalue weighted by atomic mass is 35.5. The summed E-state index contributed by atoms with van der Waals surface area (Å²) in [6.45, 7) is -2.99. The quantitative estimate of drug-likeness (QED) is 0.816. The molecule has 1 heterocycles. The van der Waals surface area contributed by atoms with Crippen molar-refractivity contribution in [2.75, 3.05) is 13.1 Å². The van der Waals surface area contributed by atoms with Crippen molar-refractivity contribution in [1.29, 1.82) is 0 Å². The summed E-state index contributed by atoms with van der Waals surface area (Å²) in [6.07, 6.45) is 0.930. The molecule has 0 bridgehead atoms. The third-order valence-electron chi connectivity index (χ3n) is 3.68. The fraction of sp³-hybridized carbons (Fsp3) is 0.500. The third-order valence-corrected chi connectivity index (χ3v) is 5.81. The monoisotopic (exact) mass is 383 g/mol. The fourth-order valence-electron chi connectivity index (χ4n) is 2.67. The minimum Gasteiger partial charge on any atom is -0.481 e. The number of benzene rings is 1. The number of hydrogen-bond donors (Lipinski definition) is 1. The fourth-order valence-corrected chi connectivity index (χ4v) is 4.61. The summed E-state index contributed by atoms with van der Waals surface area (Å²) >= 11 is 5.79. The molecule has 1 N–H and O–H groups in total. The number of piperidine rings is 1. The van der Waals surface area contributed by atoms with Crippen molar-refractivity contribution >= 4 is 27.6 Å². The van der Waals surface area contributed by atoms with Gasteiger partial charge in [0.05, 0.1) is 0 Å². The number of ether oxygens (including phenoxy) is 1. The lowest BCUT2D eigenvalue weighted by molar-refractivity contribution is -0.138. The first-order chi connectivity index (χ1) is 11.2. The number of sulfonamides is 1. The molecule has 0 aliphatic carbocycles. The molecular formula is C14H16ClF2NO5S. The van der Waals surface area contributed by atoms with E-state index in [4.69, 9.17) is 16.7 Å². The molecule has 0 amide bonds. The zero-order valence-corrected chi connectivity index (χ0v) is 14.1. The van der Waals surface area contributed by atoms with Crippen molar-refractivity contribution < 1.29 is 31.8 Å². The van der Waals surface area contributed by atoms with Crippen LogP contribution in [0.1, 0.15) is 19.3 Å². The molecular weight excluding hydrogens is 368 g/mol. The summed E-state index contributed by atoms with van der Waals surface area (Å²) < 4.78 is 55.9. The Balaban J connectivity index is 2.32. The Morgan fingerprint density at radius 1 is 1.46 bits per heavy atom. The van der Waals surface area contributed by atoms with Crippen LogP contribution in [0.15, 0.2) is 23.1 Å². The number of carboxylic acids is 1. The van der Waals surface area contributed by atoms with Crippen molar-refractivity contribution in [3.05, 3.63) is 23.2 Å². The van der Waals surface area contributed by atoms with E-state index in [0.717, 1.165) is 16.4 Å². The van der Waals surface area contributed by atoms with Crippen LogP contribution in [0.25, 0.3) is 0 Å². The van der Waals surface area contributed by atoms with E-state index in [9.17, 15) is 22.0 Å². The maximum absolute atomic E-state index is 12.8. The zero-order chi connectivity index (χ0) is 17.9. The molecule has 1 aromatic rings. The van der Waals surface area contributed by atoms with Gasteiger partial charge in [-0.3, -0.25) is 4.79 Å². The Labute approximate surface area is 143 Å². The number of carbonyl (C=O) groups is 1. The van der Waals surface area contributed by atoms with E-state index in [1.165, 1.54) is 6.07 Å². The lowest BCUT2D eigenvalue weighted by Gasteiger charge is -2.31. The summed E-state index contributed by atoms with van der Waals surface area (Å²) in [6, 6.07) is 3.37. The Morgan fingerprint density at radius 2 is 2.17 bits per heavy atom. The second-order valence-corrected chi connectivity index (χ2v) is 7.78. The summed E-state index contributed by atoms with van der Waals surface area (Å²) in [5, 5.41) is 8.93. The molecule has 1 aliphatic rings. The van der Waals surface area contributed by atoms with Crippen molar-refractivity contribution in [3.8, 4) is 5.75 Å². The first kappa shape index (κ1) is 18.9. The standard InChI is InChI=1S/C14H16ClF2NO5S/c15-10-3-4-11(23-14(16)17)12(7-10)24(21,22)18-5-1-2-9(8-18)6-13(19)20/h3-4,7,9,14H,1-2,5-6,8H2,(H,19,20). The second kappa shape index (κ2) is 7.62. The van der Waals surface area contributed by atoms with Gasteiger partial charge in [0.25, 0.3) is 0 Å². The minimum absolute atomic E-state index is 0.00919. The molecule has 6 nitrogen and oxygen atoms in total. The highest BCUT2D eigenvalue weighted by molar-refractivity contribution is 7.89. The number of carboxylic acid groups (broad SMARTS) is 1. The van der Waals surface area contributed by atoms with Gasteiger partial charge in [0.2, 0.25) is 10.0 Å². The molecule has 0 aromatic heterocycles. The Bertz CT molecular complexity index is 713. The molecule has 1 aromatic carbocycles. The van der Waals surface area contributed by atoms with E-state index in [-0.39, 0.29) is 30.5 Å². The van der Waals surface area contributed by atoms with E-state index in [1.807, 2.05) is 0 Å². The summed E-state index contributed by atoms with van der Waals surface area (Å²) in [4.78, 5) is 10.4. The maximum atomic E-state index is 12.8. The molecule has 1 saturated heterocycles. The molecule has 2 rings (SSSR count). The van der Waals surface area contributed by atoms with E-state index in [0.29, 0.717) is 12.8 Å². The van der Waals surface area contributed by atoms with Gasteiger partial charge in [-0.05, 0) is 37.0 Å². The minimum atomic E-state index is -4.13. The summed E-state index contributed by atoms with van der Waals surface area (Å²) in [5.41, 5.74) is 0. The van der Waals surface area contributed by atoms with Crippen molar-refractivity contribution in [2.45, 2.75) is 30.8 Å². The Hall–Kier alpha value is -1.45. The van der Waals surface area contributed by atoms with Crippen LogP contribution in [0.5, 0.6) is 5.75 Å². The van der Waals surface area contributed by atoms with Gasteiger partial charge in [0, 0.05) is 24.5 Å². The lowest BCUT2D eigenvalue weighted by Crippen LogP contribution is -2.40. The molecule has 0 saturated carbocycles. The molecule has 1 atom stereocenters. The smallest absolute Gasteiger partial charge is 0.387 e. The molecule has 1 fully saturated rings. The number of hydrogen-bond acceptors (Lipinski definition) is 4. The van der Waals surface area contributed by atoms with Gasteiger partial charge in [0.15, 0.2) is 0 Å². The number of halogens is 3. The van der Waals surface area contributed by atoms with Crippen LogP contribution in [0.3, 0.4) is 0 Å². The normalized spacial score (nSPS) is 19.4. The van der Waals surface area contributed by atoms with Gasteiger partial charge in [-0.2, -0.15) is 13.1 Å². The van der Waals surface area contributed by atoms with Gasteiger partial charge in [-0.15, -0.1) is 0 Å². The van der Waals surface area contributed by atoms with E-state index in [1.54, 1.807) is 0 Å². The molecule has 0 radical (unpaired) electrons. The SMILES string of the molecule is O=C(O)CC1CCCN(S(=O)(=O)c2cc(Cl)ccc2OC(F)F)C1. The van der Waals surface area contributed by atoms with E-state index in [2.05, 4.69) is 4.74 Å². The van der Waals surface area contributed by atoms with E-state index >= 15 is 0 Å². The largest absolute Gasteiger partial charge is 0.481 e. The lowest BCUT2D eigenvalue weighted by atomic mass is 9.96. The molecule has 134 valence electrons. The molecule has 24 heavy (non-hydrogen) atoms. The summed E-state index contributed by atoms with van der Waals surface area (Å²) in [7, 11) is -4.13. The predicted octanol–water partition coefficient (Wildman–Crippen LogP) is 2.82. The third kappa shape index (κ3) is 4.55.